The number of aliphatic hydroxyl groups is 1. The molecule has 0 saturated carbocycles. The summed E-state index contributed by atoms with van der Waals surface area (Å²) in [5.41, 5.74) is 6.66. The molecule has 0 unspecified atom stereocenters. The van der Waals surface area contributed by atoms with Crippen LogP contribution in [0.3, 0.4) is 0 Å². The average Bonchev–Trinajstić information content (AvgIpc) is 2.41. The zero-order valence-corrected chi connectivity index (χ0v) is 10.3. The van der Waals surface area contributed by atoms with E-state index in [1.807, 2.05) is 24.3 Å². The highest BCUT2D eigenvalue weighted by Crippen LogP contribution is 2.24. The van der Waals surface area contributed by atoms with Crippen LogP contribution in [0.25, 0.3) is 0 Å². The Morgan fingerprint density at radius 2 is 2.00 bits per heavy atom. The van der Waals surface area contributed by atoms with Crippen molar-refractivity contribution in [3.8, 4) is 11.6 Å². The fraction of sp³-hybridized carbons (Fsp3) is 0.143. The molecule has 2 aromatic rings. The second-order valence-corrected chi connectivity index (χ2v) is 3.96. The van der Waals surface area contributed by atoms with Crippen LogP contribution in [-0.4, -0.2) is 22.5 Å². The third-order valence-corrected chi connectivity index (χ3v) is 2.57. The maximum absolute atomic E-state index is 9.01. The predicted molar refractivity (Wildman–Crippen MR) is 72.6 cm³/mol. The van der Waals surface area contributed by atoms with Gasteiger partial charge in [-0.3, -0.25) is 5.41 Å². The molecule has 0 aliphatic rings. The molecule has 0 bridgehead atoms. The SMILES string of the molecule is N=C(N)c1cccc(Oc2ccccc2CCO)n1. The number of para-hydroxylation sites is 1. The van der Waals surface area contributed by atoms with Crippen molar-refractivity contribution in [1.29, 1.82) is 5.41 Å². The van der Waals surface area contributed by atoms with E-state index in [1.54, 1.807) is 18.2 Å². The molecule has 0 radical (unpaired) electrons. The number of pyridine rings is 1. The maximum Gasteiger partial charge on any atom is 0.219 e. The quantitative estimate of drug-likeness (QED) is 0.561. The predicted octanol–water partition coefficient (Wildman–Crippen LogP) is 1.69. The lowest BCUT2D eigenvalue weighted by Gasteiger charge is -2.10. The first-order valence-corrected chi connectivity index (χ1v) is 5.89. The fourth-order valence-electron chi connectivity index (χ4n) is 1.66. The standard InChI is InChI=1S/C14H15N3O2/c15-14(16)11-5-3-7-13(17-11)19-12-6-2-1-4-10(12)8-9-18/h1-7,18H,8-9H2,(H3,15,16). The molecule has 0 aliphatic heterocycles. The molecule has 19 heavy (non-hydrogen) atoms. The molecule has 1 heterocycles. The lowest BCUT2D eigenvalue weighted by molar-refractivity contribution is 0.297. The molecule has 0 fully saturated rings. The van der Waals surface area contributed by atoms with Crippen molar-refractivity contribution in [2.45, 2.75) is 6.42 Å². The van der Waals surface area contributed by atoms with Crippen LogP contribution in [0.5, 0.6) is 11.6 Å². The van der Waals surface area contributed by atoms with Crippen molar-refractivity contribution in [2.75, 3.05) is 6.61 Å². The molecular formula is C14H15N3O2. The minimum Gasteiger partial charge on any atom is -0.439 e. The summed E-state index contributed by atoms with van der Waals surface area (Å²) in [5, 5.41) is 16.4. The Balaban J connectivity index is 2.26. The Labute approximate surface area is 111 Å². The van der Waals surface area contributed by atoms with Gasteiger partial charge in [-0.2, -0.15) is 0 Å². The van der Waals surface area contributed by atoms with Gasteiger partial charge in [0.2, 0.25) is 5.88 Å². The third kappa shape index (κ3) is 3.29. The van der Waals surface area contributed by atoms with E-state index in [9.17, 15) is 0 Å². The number of ether oxygens (including phenoxy) is 1. The van der Waals surface area contributed by atoms with Gasteiger partial charge in [-0.05, 0) is 24.1 Å². The van der Waals surface area contributed by atoms with E-state index in [0.717, 1.165) is 5.56 Å². The highest BCUT2D eigenvalue weighted by Gasteiger charge is 2.06. The average molecular weight is 257 g/mol. The molecule has 1 aromatic carbocycles. The van der Waals surface area contributed by atoms with Gasteiger partial charge >= 0.3 is 0 Å². The molecule has 0 aliphatic carbocycles. The number of aliphatic hydroxyl groups excluding tert-OH is 1. The van der Waals surface area contributed by atoms with E-state index < -0.39 is 0 Å². The second-order valence-electron chi connectivity index (χ2n) is 3.96. The van der Waals surface area contributed by atoms with Gasteiger partial charge < -0.3 is 15.6 Å². The summed E-state index contributed by atoms with van der Waals surface area (Å²) < 4.78 is 5.68. The summed E-state index contributed by atoms with van der Waals surface area (Å²) in [6.45, 7) is 0.0568. The molecule has 2 rings (SSSR count). The number of hydrogen-bond donors (Lipinski definition) is 3. The molecule has 0 spiro atoms. The van der Waals surface area contributed by atoms with Crippen LogP contribution < -0.4 is 10.5 Å². The van der Waals surface area contributed by atoms with Gasteiger partial charge in [-0.1, -0.05) is 24.3 Å². The Hall–Kier alpha value is -2.40. The van der Waals surface area contributed by atoms with E-state index in [-0.39, 0.29) is 12.4 Å². The largest absolute Gasteiger partial charge is 0.439 e. The number of nitrogens with zero attached hydrogens (tertiary/aromatic N) is 1. The van der Waals surface area contributed by atoms with Crippen LogP contribution in [-0.2, 0) is 6.42 Å². The minimum absolute atomic E-state index is 0.0568. The van der Waals surface area contributed by atoms with Crippen LogP contribution in [0.2, 0.25) is 0 Å². The second kappa shape index (κ2) is 5.97. The molecule has 0 atom stereocenters. The topological polar surface area (TPSA) is 92.2 Å². The van der Waals surface area contributed by atoms with E-state index in [1.165, 1.54) is 0 Å². The Morgan fingerprint density at radius 3 is 2.74 bits per heavy atom. The van der Waals surface area contributed by atoms with Gasteiger partial charge in [0.15, 0.2) is 0 Å². The number of nitrogen functional groups attached to an aromatic ring is 1. The van der Waals surface area contributed by atoms with E-state index in [4.69, 9.17) is 21.0 Å². The summed E-state index contributed by atoms with van der Waals surface area (Å²) in [7, 11) is 0. The lowest BCUT2D eigenvalue weighted by atomic mass is 10.1. The van der Waals surface area contributed by atoms with Crippen molar-refractivity contribution < 1.29 is 9.84 Å². The number of nitrogens with one attached hydrogen (secondary N) is 1. The third-order valence-electron chi connectivity index (χ3n) is 2.57. The van der Waals surface area contributed by atoms with Crippen LogP contribution in [0.15, 0.2) is 42.5 Å². The van der Waals surface area contributed by atoms with Crippen molar-refractivity contribution in [3.63, 3.8) is 0 Å². The van der Waals surface area contributed by atoms with E-state index >= 15 is 0 Å². The Bertz CT molecular complexity index is 584. The molecule has 0 amide bonds. The molecule has 0 saturated heterocycles. The maximum atomic E-state index is 9.01. The summed E-state index contributed by atoms with van der Waals surface area (Å²) in [4.78, 5) is 4.13. The van der Waals surface area contributed by atoms with Gasteiger partial charge in [0.1, 0.15) is 17.3 Å². The first-order chi connectivity index (χ1) is 9.20. The van der Waals surface area contributed by atoms with Crippen molar-refractivity contribution in [3.05, 3.63) is 53.7 Å². The number of nitrogens with two attached hydrogens (primary N) is 1. The Kier molecular flexibility index (Phi) is 4.10. The number of benzene rings is 1. The molecule has 1 aromatic heterocycles. The summed E-state index contributed by atoms with van der Waals surface area (Å²) in [6, 6.07) is 12.5. The number of aromatic nitrogens is 1. The van der Waals surface area contributed by atoms with Crippen LogP contribution in [0.4, 0.5) is 0 Å². The summed E-state index contributed by atoms with van der Waals surface area (Å²) in [5.74, 6) is 0.914. The normalized spacial score (nSPS) is 10.2. The van der Waals surface area contributed by atoms with E-state index in [0.29, 0.717) is 23.7 Å². The fourth-order valence-corrected chi connectivity index (χ4v) is 1.66. The molecule has 98 valence electrons. The molecule has 4 N–H and O–H groups in total. The zero-order chi connectivity index (χ0) is 13.7. The monoisotopic (exact) mass is 257 g/mol. The lowest BCUT2D eigenvalue weighted by Crippen LogP contribution is -2.13. The van der Waals surface area contributed by atoms with Crippen LogP contribution >= 0.6 is 0 Å². The number of amidine groups is 1. The summed E-state index contributed by atoms with van der Waals surface area (Å²) in [6.07, 6.45) is 0.516. The zero-order valence-electron chi connectivity index (χ0n) is 10.3. The number of hydrogen-bond acceptors (Lipinski definition) is 4. The highest BCUT2D eigenvalue weighted by atomic mass is 16.5. The van der Waals surface area contributed by atoms with Crippen LogP contribution in [0.1, 0.15) is 11.3 Å². The van der Waals surface area contributed by atoms with Crippen molar-refractivity contribution in [2.24, 2.45) is 5.73 Å². The van der Waals surface area contributed by atoms with Gasteiger partial charge in [0.05, 0.1) is 0 Å². The molecular weight excluding hydrogens is 242 g/mol. The molecule has 5 nitrogen and oxygen atoms in total. The van der Waals surface area contributed by atoms with Gasteiger partial charge in [-0.25, -0.2) is 4.98 Å². The van der Waals surface area contributed by atoms with Crippen molar-refractivity contribution >= 4 is 5.84 Å². The molecule has 5 heteroatoms. The smallest absolute Gasteiger partial charge is 0.219 e. The van der Waals surface area contributed by atoms with Crippen molar-refractivity contribution in [1.82, 2.24) is 4.98 Å². The minimum atomic E-state index is -0.103. The van der Waals surface area contributed by atoms with Gasteiger partial charge in [-0.15, -0.1) is 0 Å². The van der Waals surface area contributed by atoms with Gasteiger partial charge in [0, 0.05) is 12.7 Å². The van der Waals surface area contributed by atoms with Crippen LogP contribution in [0, 0.1) is 5.41 Å². The number of rotatable bonds is 5. The Morgan fingerprint density at radius 1 is 1.21 bits per heavy atom. The highest BCUT2D eigenvalue weighted by molar-refractivity contribution is 5.93. The van der Waals surface area contributed by atoms with E-state index in [2.05, 4.69) is 4.98 Å². The first kappa shape index (κ1) is 13.0. The first-order valence-electron chi connectivity index (χ1n) is 5.89. The summed E-state index contributed by atoms with van der Waals surface area (Å²) >= 11 is 0. The van der Waals surface area contributed by atoms with Gasteiger partial charge in [0.25, 0.3) is 0 Å².